The molecule has 0 saturated carbocycles. The van der Waals surface area contributed by atoms with Crippen molar-refractivity contribution < 1.29 is 13.2 Å². The lowest BCUT2D eigenvalue weighted by atomic mass is 9.88. The average molecular weight is 430 g/mol. The number of nitrogens with one attached hydrogen (secondary N) is 1. The van der Waals surface area contributed by atoms with Crippen LogP contribution in [0.15, 0.2) is 54.7 Å². The van der Waals surface area contributed by atoms with E-state index >= 15 is 0 Å². The Morgan fingerprint density at radius 3 is 2.73 bits per heavy atom. The van der Waals surface area contributed by atoms with Crippen LogP contribution in [0.2, 0.25) is 0 Å². The van der Waals surface area contributed by atoms with Gasteiger partial charge in [-0.15, -0.1) is 5.10 Å². The lowest BCUT2D eigenvalue weighted by Crippen LogP contribution is -2.32. The van der Waals surface area contributed by atoms with Crippen LogP contribution >= 0.6 is 0 Å². The highest BCUT2D eigenvalue weighted by atomic mass is 32.2. The molecule has 9 heteroatoms. The number of benzene rings is 2. The van der Waals surface area contributed by atoms with Crippen molar-refractivity contribution in [1.82, 2.24) is 24.6 Å². The summed E-state index contributed by atoms with van der Waals surface area (Å²) in [5.41, 5.74) is 3.80. The first-order valence-corrected chi connectivity index (χ1v) is 11.0. The Bertz CT molecular complexity index is 1020. The van der Waals surface area contributed by atoms with Gasteiger partial charge < -0.3 is 0 Å². The third-order valence-electron chi connectivity index (χ3n) is 5.41. The van der Waals surface area contributed by atoms with Gasteiger partial charge in [-0.3, -0.25) is 9.45 Å². The van der Waals surface area contributed by atoms with Crippen molar-refractivity contribution in [3.8, 4) is 5.69 Å². The third kappa shape index (κ3) is 5.37. The molecule has 0 spiro atoms. The quantitative estimate of drug-likeness (QED) is 0.564. The van der Waals surface area contributed by atoms with Crippen molar-refractivity contribution in [3.05, 3.63) is 77.4 Å². The number of nitrogens with zero attached hydrogens (tertiary/aromatic N) is 4. The normalized spacial score (nSPS) is 16.6. The molecular weight excluding hydrogens is 405 g/mol. The van der Waals surface area contributed by atoms with Crippen LogP contribution in [0.4, 0.5) is 4.39 Å². The number of piperidine rings is 1. The maximum Gasteiger partial charge on any atom is 0.232 e. The smallest absolute Gasteiger partial charge is 0.232 e. The van der Waals surface area contributed by atoms with Crippen molar-refractivity contribution in [2.45, 2.75) is 31.8 Å². The van der Waals surface area contributed by atoms with Crippen molar-refractivity contribution in [2.24, 2.45) is 0 Å². The SMILES string of the molecule is O=S(O)NCc1cccc(C2CCN(Cc3cn(-c4cccc(F)c4)nn3)CC2)c1. The lowest BCUT2D eigenvalue weighted by Gasteiger charge is -2.31. The standard InChI is InChI=1S/C21H24FN5O2S/c22-19-5-2-6-21(12-19)27-15-20(24-25-27)14-26-9-7-17(8-10-26)18-4-1-3-16(11-18)13-23-30(28)29/h1-6,11-12,15,17,23H,7-10,13-14H2,(H,28,29). The highest BCUT2D eigenvalue weighted by Crippen LogP contribution is 2.29. The van der Waals surface area contributed by atoms with E-state index in [-0.39, 0.29) is 5.82 Å². The molecule has 1 aliphatic heterocycles. The second kappa shape index (κ2) is 9.57. The maximum atomic E-state index is 13.4. The van der Waals surface area contributed by atoms with E-state index in [0.29, 0.717) is 24.7 Å². The predicted octanol–water partition coefficient (Wildman–Crippen LogP) is 3.01. The molecule has 1 aliphatic rings. The fraction of sp³-hybridized carbons (Fsp3) is 0.333. The molecule has 1 atom stereocenters. The van der Waals surface area contributed by atoms with E-state index in [9.17, 15) is 8.60 Å². The summed E-state index contributed by atoms with van der Waals surface area (Å²) in [7, 11) is 0. The predicted molar refractivity (Wildman–Crippen MR) is 113 cm³/mol. The summed E-state index contributed by atoms with van der Waals surface area (Å²) in [5, 5.41) is 8.36. The van der Waals surface area contributed by atoms with Gasteiger partial charge in [-0.25, -0.2) is 18.0 Å². The van der Waals surface area contributed by atoms with E-state index in [1.165, 1.54) is 17.7 Å². The monoisotopic (exact) mass is 429 g/mol. The summed E-state index contributed by atoms with van der Waals surface area (Å²) in [5.74, 6) is 0.180. The molecule has 3 aromatic rings. The summed E-state index contributed by atoms with van der Waals surface area (Å²) < 4.78 is 37.2. The molecule has 1 fully saturated rings. The molecule has 7 nitrogen and oxygen atoms in total. The summed E-state index contributed by atoms with van der Waals surface area (Å²) in [6.07, 6.45) is 3.93. The zero-order valence-electron chi connectivity index (χ0n) is 16.4. The Balaban J connectivity index is 1.32. The zero-order valence-corrected chi connectivity index (χ0v) is 17.3. The summed E-state index contributed by atoms with van der Waals surface area (Å²) >= 11 is -2.00. The first kappa shape index (κ1) is 20.8. The molecule has 1 unspecified atom stereocenters. The minimum Gasteiger partial charge on any atom is -0.297 e. The van der Waals surface area contributed by atoms with E-state index in [0.717, 1.165) is 37.2 Å². The van der Waals surface area contributed by atoms with Crippen LogP contribution in [0.25, 0.3) is 5.69 Å². The number of hydrogen-bond donors (Lipinski definition) is 2. The van der Waals surface area contributed by atoms with Gasteiger partial charge in [-0.1, -0.05) is 35.5 Å². The summed E-state index contributed by atoms with van der Waals surface area (Å²) in [6, 6.07) is 14.5. The number of hydrogen-bond acceptors (Lipinski definition) is 4. The first-order chi connectivity index (χ1) is 14.6. The van der Waals surface area contributed by atoms with Crippen LogP contribution in [0.5, 0.6) is 0 Å². The first-order valence-electron chi connectivity index (χ1n) is 9.89. The number of likely N-dealkylation sites (tertiary alicyclic amines) is 1. The van der Waals surface area contributed by atoms with Crippen LogP contribution in [0.1, 0.15) is 35.6 Å². The Labute approximate surface area is 177 Å². The fourth-order valence-corrected chi connectivity index (χ4v) is 4.16. The largest absolute Gasteiger partial charge is 0.297 e. The molecule has 30 heavy (non-hydrogen) atoms. The third-order valence-corrected chi connectivity index (χ3v) is 5.80. The number of halogens is 1. The average Bonchev–Trinajstić information content (AvgIpc) is 3.22. The van der Waals surface area contributed by atoms with Crippen LogP contribution < -0.4 is 4.72 Å². The van der Waals surface area contributed by atoms with Crippen LogP contribution in [-0.2, 0) is 24.4 Å². The van der Waals surface area contributed by atoms with Crippen molar-refractivity contribution in [3.63, 3.8) is 0 Å². The van der Waals surface area contributed by atoms with Crippen molar-refractivity contribution in [2.75, 3.05) is 13.1 Å². The van der Waals surface area contributed by atoms with Crippen LogP contribution in [0.3, 0.4) is 0 Å². The molecular formula is C21H24FN5O2S. The van der Waals surface area contributed by atoms with Crippen molar-refractivity contribution in [1.29, 1.82) is 0 Å². The van der Waals surface area contributed by atoms with Gasteiger partial charge >= 0.3 is 0 Å². The zero-order chi connectivity index (χ0) is 20.9. The van der Waals surface area contributed by atoms with Gasteiger partial charge in [0, 0.05) is 13.1 Å². The van der Waals surface area contributed by atoms with Gasteiger partial charge in [0.2, 0.25) is 11.3 Å². The van der Waals surface area contributed by atoms with E-state index in [1.807, 2.05) is 18.3 Å². The maximum absolute atomic E-state index is 13.4. The van der Waals surface area contributed by atoms with Crippen LogP contribution in [0, 0.1) is 5.82 Å². The molecule has 1 saturated heterocycles. The second-order valence-corrected chi connectivity index (χ2v) is 8.29. The minimum absolute atomic E-state index is 0.295. The lowest BCUT2D eigenvalue weighted by molar-refractivity contribution is 0.202. The van der Waals surface area contributed by atoms with Crippen LogP contribution in [-0.4, -0.2) is 41.7 Å². The van der Waals surface area contributed by atoms with E-state index < -0.39 is 11.3 Å². The van der Waals surface area contributed by atoms with Gasteiger partial charge in [0.25, 0.3) is 0 Å². The fourth-order valence-electron chi connectivity index (χ4n) is 3.87. The molecule has 0 radical (unpaired) electrons. The van der Waals surface area contributed by atoms with Gasteiger partial charge in [0.05, 0.1) is 17.6 Å². The van der Waals surface area contributed by atoms with E-state index in [2.05, 4.69) is 32.1 Å². The number of rotatable bonds is 7. The van der Waals surface area contributed by atoms with Crippen molar-refractivity contribution >= 4 is 11.3 Å². The molecule has 2 N–H and O–H groups in total. The highest BCUT2D eigenvalue weighted by molar-refractivity contribution is 7.77. The molecule has 0 amide bonds. The molecule has 0 bridgehead atoms. The summed E-state index contributed by atoms with van der Waals surface area (Å²) in [6.45, 7) is 3.01. The van der Waals surface area contributed by atoms with Gasteiger partial charge in [-0.2, -0.15) is 0 Å². The highest BCUT2D eigenvalue weighted by Gasteiger charge is 2.21. The molecule has 158 valence electrons. The molecule has 0 aliphatic carbocycles. The van der Waals surface area contributed by atoms with Gasteiger partial charge in [0.1, 0.15) is 5.82 Å². The second-order valence-electron chi connectivity index (χ2n) is 7.50. The molecule has 2 aromatic carbocycles. The molecule has 1 aromatic heterocycles. The molecule has 2 heterocycles. The summed E-state index contributed by atoms with van der Waals surface area (Å²) in [4.78, 5) is 2.36. The molecule has 4 rings (SSSR count). The van der Waals surface area contributed by atoms with Gasteiger partial charge in [-0.05, 0) is 61.2 Å². The van der Waals surface area contributed by atoms with Gasteiger partial charge in [0.15, 0.2) is 0 Å². The Morgan fingerprint density at radius 2 is 1.97 bits per heavy atom. The Hall–Kier alpha value is -2.46. The Kier molecular flexibility index (Phi) is 6.63. The van der Waals surface area contributed by atoms with E-state index in [4.69, 9.17) is 4.55 Å². The minimum atomic E-state index is -2.00. The number of aromatic nitrogens is 3. The van der Waals surface area contributed by atoms with E-state index in [1.54, 1.807) is 16.8 Å². The topological polar surface area (TPSA) is 83.3 Å². The Morgan fingerprint density at radius 1 is 1.17 bits per heavy atom.